The molecule has 0 aromatic heterocycles. The zero-order valence-corrected chi connectivity index (χ0v) is 12.2. The molecule has 0 aromatic carbocycles. The van der Waals surface area contributed by atoms with Gasteiger partial charge in [-0.3, -0.25) is 4.79 Å². The topological polar surface area (TPSA) is 74.6 Å². The summed E-state index contributed by atoms with van der Waals surface area (Å²) in [6.45, 7) is 7.46. The summed E-state index contributed by atoms with van der Waals surface area (Å²) >= 11 is 0. The second-order valence-electron chi connectivity index (χ2n) is 4.80. The number of nitrogens with one attached hydrogen (secondary N) is 1. The van der Waals surface area contributed by atoms with Gasteiger partial charge in [0.05, 0.1) is 19.3 Å². The van der Waals surface area contributed by atoms with Crippen molar-refractivity contribution in [1.82, 2.24) is 10.2 Å². The van der Waals surface area contributed by atoms with Gasteiger partial charge in [-0.05, 0) is 20.3 Å². The molecule has 6 nitrogen and oxygen atoms in total. The highest BCUT2D eigenvalue weighted by Gasteiger charge is 2.20. The molecule has 0 radical (unpaired) electrons. The number of ether oxygens (including phenoxy) is 2. The third-order valence-corrected chi connectivity index (χ3v) is 2.81. The molecule has 1 amide bonds. The predicted molar refractivity (Wildman–Crippen MR) is 74.8 cm³/mol. The lowest BCUT2D eigenvalue weighted by molar-refractivity contribution is -0.130. The van der Waals surface area contributed by atoms with E-state index in [4.69, 9.17) is 14.7 Å². The van der Waals surface area contributed by atoms with E-state index in [1.165, 1.54) is 6.20 Å². The summed E-state index contributed by atoms with van der Waals surface area (Å²) in [4.78, 5) is 13.7. The van der Waals surface area contributed by atoms with Crippen molar-refractivity contribution in [3.05, 3.63) is 11.8 Å². The molecule has 1 rings (SSSR count). The smallest absolute Gasteiger partial charge is 0.266 e. The number of rotatable bonds is 7. The van der Waals surface area contributed by atoms with Crippen LogP contribution in [0.3, 0.4) is 0 Å². The van der Waals surface area contributed by atoms with Gasteiger partial charge in [0.1, 0.15) is 11.6 Å². The highest BCUT2D eigenvalue weighted by Crippen LogP contribution is 2.04. The molecule has 6 heteroatoms. The Morgan fingerprint density at radius 3 is 2.80 bits per heavy atom. The van der Waals surface area contributed by atoms with Gasteiger partial charge in [-0.15, -0.1) is 0 Å². The van der Waals surface area contributed by atoms with Crippen LogP contribution in [0.5, 0.6) is 0 Å². The molecule has 1 fully saturated rings. The van der Waals surface area contributed by atoms with Crippen molar-refractivity contribution in [1.29, 1.82) is 5.26 Å². The van der Waals surface area contributed by atoms with E-state index in [2.05, 4.69) is 5.32 Å². The van der Waals surface area contributed by atoms with Crippen molar-refractivity contribution < 1.29 is 14.3 Å². The van der Waals surface area contributed by atoms with Gasteiger partial charge in [0, 0.05) is 32.4 Å². The van der Waals surface area contributed by atoms with Gasteiger partial charge in [0.2, 0.25) is 0 Å². The minimum Gasteiger partial charge on any atom is -0.390 e. The Bertz CT molecular complexity index is 368. The van der Waals surface area contributed by atoms with Crippen LogP contribution in [0.15, 0.2) is 11.8 Å². The van der Waals surface area contributed by atoms with E-state index in [0.29, 0.717) is 39.5 Å². The van der Waals surface area contributed by atoms with Crippen LogP contribution in [0, 0.1) is 11.3 Å². The van der Waals surface area contributed by atoms with Gasteiger partial charge in [-0.2, -0.15) is 5.26 Å². The molecule has 0 unspecified atom stereocenters. The van der Waals surface area contributed by atoms with Gasteiger partial charge < -0.3 is 19.7 Å². The molecule has 0 aromatic rings. The minimum atomic E-state index is -0.235. The van der Waals surface area contributed by atoms with Crippen LogP contribution in [0.1, 0.15) is 20.3 Å². The summed E-state index contributed by atoms with van der Waals surface area (Å²) in [5.74, 6) is -0.235. The fraction of sp³-hybridized carbons (Fsp3) is 0.714. The highest BCUT2D eigenvalue weighted by molar-refractivity contribution is 5.97. The first-order valence-corrected chi connectivity index (χ1v) is 6.97. The largest absolute Gasteiger partial charge is 0.390 e. The van der Waals surface area contributed by atoms with E-state index in [0.717, 1.165) is 6.42 Å². The first-order valence-electron chi connectivity index (χ1n) is 6.97. The van der Waals surface area contributed by atoms with Gasteiger partial charge in [-0.1, -0.05) is 0 Å². The summed E-state index contributed by atoms with van der Waals surface area (Å²) in [6.07, 6.45) is 2.55. The van der Waals surface area contributed by atoms with Crippen molar-refractivity contribution in [2.45, 2.75) is 26.4 Å². The first-order chi connectivity index (χ1) is 9.65. The number of hydrogen-bond acceptors (Lipinski definition) is 5. The van der Waals surface area contributed by atoms with Crippen LogP contribution in [0.2, 0.25) is 0 Å². The maximum absolute atomic E-state index is 12.1. The molecular formula is C14H23N3O3. The second-order valence-corrected chi connectivity index (χ2v) is 4.80. The van der Waals surface area contributed by atoms with E-state index in [-0.39, 0.29) is 17.6 Å². The number of hydrogen-bond donors (Lipinski definition) is 1. The molecule has 1 aliphatic rings. The molecule has 1 aliphatic heterocycles. The third-order valence-electron chi connectivity index (χ3n) is 2.81. The number of nitrogens with zero attached hydrogens (tertiary/aromatic N) is 2. The van der Waals surface area contributed by atoms with Crippen LogP contribution in [-0.2, 0) is 14.3 Å². The molecule has 1 heterocycles. The monoisotopic (exact) mass is 281 g/mol. The normalized spacial score (nSPS) is 16.1. The molecule has 0 spiro atoms. The van der Waals surface area contributed by atoms with E-state index in [9.17, 15) is 4.79 Å². The quantitative estimate of drug-likeness (QED) is 0.421. The number of carbonyl (C=O) groups is 1. The Balaban J connectivity index is 2.31. The Morgan fingerprint density at radius 2 is 2.20 bits per heavy atom. The van der Waals surface area contributed by atoms with E-state index < -0.39 is 0 Å². The highest BCUT2D eigenvalue weighted by atomic mass is 16.5. The first kappa shape index (κ1) is 16.5. The summed E-state index contributed by atoms with van der Waals surface area (Å²) < 4.78 is 10.6. The zero-order chi connectivity index (χ0) is 14.8. The van der Waals surface area contributed by atoms with Gasteiger partial charge in [0.25, 0.3) is 5.91 Å². The van der Waals surface area contributed by atoms with Crippen LogP contribution < -0.4 is 5.32 Å². The standard InChI is InChI=1S/C14H23N3O3/c1-12(2)20-7-3-4-16-11-13(10-15)14(18)17-5-8-19-9-6-17/h11-12,16H,3-9H2,1-2H3/b13-11-. The fourth-order valence-corrected chi connectivity index (χ4v) is 1.75. The third kappa shape index (κ3) is 6.04. The Morgan fingerprint density at radius 1 is 1.50 bits per heavy atom. The fourth-order valence-electron chi connectivity index (χ4n) is 1.75. The van der Waals surface area contributed by atoms with Crippen molar-refractivity contribution in [2.75, 3.05) is 39.5 Å². The number of morpholine rings is 1. The summed E-state index contributed by atoms with van der Waals surface area (Å²) in [7, 11) is 0. The molecule has 0 atom stereocenters. The Labute approximate surface area is 120 Å². The molecule has 20 heavy (non-hydrogen) atoms. The van der Waals surface area contributed by atoms with Crippen molar-refractivity contribution in [2.24, 2.45) is 0 Å². The summed E-state index contributed by atoms with van der Waals surface area (Å²) in [5.41, 5.74) is 0.136. The Hall–Kier alpha value is -1.58. The maximum atomic E-state index is 12.1. The number of carbonyl (C=O) groups excluding carboxylic acids is 1. The minimum absolute atomic E-state index is 0.136. The maximum Gasteiger partial charge on any atom is 0.266 e. The Kier molecular flexibility index (Phi) is 7.70. The summed E-state index contributed by atoms with van der Waals surface area (Å²) in [5, 5.41) is 12.0. The van der Waals surface area contributed by atoms with Crippen LogP contribution in [0.25, 0.3) is 0 Å². The van der Waals surface area contributed by atoms with Crippen molar-refractivity contribution in [3.8, 4) is 6.07 Å². The van der Waals surface area contributed by atoms with Crippen molar-refractivity contribution in [3.63, 3.8) is 0 Å². The predicted octanol–water partition coefficient (Wildman–Crippen LogP) is 0.657. The molecule has 1 saturated heterocycles. The summed E-state index contributed by atoms with van der Waals surface area (Å²) in [6, 6.07) is 1.94. The number of amides is 1. The van der Waals surface area contributed by atoms with Gasteiger partial charge in [-0.25, -0.2) is 0 Å². The van der Waals surface area contributed by atoms with E-state index >= 15 is 0 Å². The van der Waals surface area contributed by atoms with Crippen molar-refractivity contribution >= 4 is 5.91 Å². The van der Waals surface area contributed by atoms with Crippen LogP contribution in [-0.4, -0.2) is 56.4 Å². The zero-order valence-electron chi connectivity index (χ0n) is 12.2. The lowest BCUT2D eigenvalue weighted by atomic mass is 10.2. The molecule has 112 valence electrons. The molecule has 1 N–H and O–H groups in total. The second kappa shape index (κ2) is 9.34. The van der Waals surface area contributed by atoms with E-state index in [1.807, 2.05) is 19.9 Å². The SMILES string of the molecule is CC(C)OCCCN/C=C(/C#N)C(=O)N1CCOCC1. The molecule has 0 aliphatic carbocycles. The van der Waals surface area contributed by atoms with Crippen LogP contribution >= 0.6 is 0 Å². The average Bonchev–Trinajstić information content (AvgIpc) is 2.46. The molecule has 0 saturated carbocycles. The lowest BCUT2D eigenvalue weighted by Gasteiger charge is -2.26. The van der Waals surface area contributed by atoms with E-state index in [1.54, 1.807) is 4.90 Å². The molecular weight excluding hydrogens is 258 g/mol. The number of nitriles is 1. The van der Waals surface area contributed by atoms with Crippen LogP contribution in [0.4, 0.5) is 0 Å². The molecule has 0 bridgehead atoms. The van der Waals surface area contributed by atoms with Gasteiger partial charge >= 0.3 is 0 Å². The van der Waals surface area contributed by atoms with Gasteiger partial charge in [0.15, 0.2) is 0 Å². The lowest BCUT2D eigenvalue weighted by Crippen LogP contribution is -2.41. The average molecular weight is 281 g/mol.